The van der Waals surface area contributed by atoms with Crippen molar-refractivity contribution in [2.45, 2.75) is 32.9 Å². The highest BCUT2D eigenvalue weighted by atomic mass is 79.9. The van der Waals surface area contributed by atoms with Gasteiger partial charge in [0.2, 0.25) is 0 Å². The highest BCUT2D eigenvalue weighted by molar-refractivity contribution is 9.10. The number of hydrogen-bond acceptors (Lipinski definition) is 4. The lowest BCUT2D eigenvalue weighted by Gasteiger charge is -2.26. The molecule has 1 N–H and O–H groups in total. The molecule has 25 heavy (non-hydrogen) atoms. The van der Waals surface area contributed by atoms with E-state index in [2.05, 4.69) is 31.1 Å². The Hall–Kier alpha value is -2.02. The van der Waals surface area contributed by atoms with E-state index in [1.165, 1.54) is 0 Å². The molecule has 7 heteroatoms. The number of carbonyl (C=O) groups excluding carboxylic acids is 1. The van der Waals surface area contributed by atoms with E-state index in [-0.39, 0.29) is 0 Å². The number of aryl methyl sites for hydroxylation is 1. The molecule has 2 aromatic rings. The normalized spacial score (nSPS) is 11.2. The average Bonchev–Trinajstić information content (AvgIpc) is 2.90. The first-order chi connectivity index (χ1) is 11.7. The van der Waals surface area contributed by atoms with Crippen molar-refractivity contribution in [1.29, 1.82) is 0 Å². The number of alkyl carbamates (subject to hydrolysis) is 1. The van der Waals surface area contributed by atoms with E-state index in [0.29, 0.717) is 19.6 Å². The molecule has 0 aliphatic carbocycles. The lowest BCUT2D eigenvalue weighted by Crippen LogP contribution is -2.38. The van der Waals surface area contributed by atoms with Gasteiger partial charge in [0.25, 0.3) is 0 Å². The molecule has 0 saturated carbocycles. The number of hydrogen-bond donors (Lipinski definition) is 1. The Bertz CT molecular complexity index is 692. The quantitative estimate of drug-likeness (QED) is 0.790. The van der Waals surface area contributed by atoms with Crippen molar-refractivity contribution in [2.75, 3.05) is 18.0 Å². The number of halogens is 1. The maximum Gasteiger partial charge on any atom is 0.407 e. The van der Waals surface area contributed by atoms with Crippen LogP contribution in [0, 0.1) is 0 Å². The first-order valence-electron chi connectivity index (χ1n) is 8.17. The van der Waals surface area contributed by atoms with Crippen molar-refractivity contribution >= 4 is 27.7 Å². The topological polar surface area (TPSA) is 59.4 Å². The van der Waals surface area contributed by atoms with Crippen LogP contribution in [0.3, 0.4) is 0 Å². The molecule has 1 heterocycles. The van der Waals surface area contributed by atoms with E-state index in [4.69, 9.17) is 4.74 Å². The summed E-state index contributed by atoms with van der Waals surface area (Å²) in [6.45, 7) is 7.40. The number of nitrogens with one attached hydrogen (secondary N) is 1. The molecule has 0 unspecified atom stereocenters. The third-order valence-electron chi connectivity index (χ3n) is 3.51. The van der Waals surface area contributed by atoms with Gasteiger partial charge in [0.15, 0.2) is 0 Å². The third-order valence-corrected chi connectivity index (χ3v) is 4.04. The number of imidazole rings is 1. The molecular weight excluding hydrogens is 384 g/mol. The molecule has 0 aliphatic rings. The van der Waals surface area contributed by atoms with E-state index < -0.39 is 11.7 Å². The molecule has 136 valence electrons. The van der Waals surface area contributed by atoms with Gasteiger partial charge in [-0.25, -0.2) is 9.78 Å². The Labute approximate surface area is 157 Å². The van der Waals surface area contributed by atoms with Gasteiger partial charge < -0.3 is 19.5 Å². The number of amides is 1. The largest absolute Gasteiger partial charge is 0.444 e. The fourth-order valence-corrected chi connectivity index (χ4v) is 2.56. The third kappa shape index (κ3) is 6.42. The van der Waals surface area contributed by atoms with Gasteiger partial charge in [-0.1, -0.05) is 15.9 Å². The van der Waals surface area contributed by atoms with Crippen LogP contribution in [0.15, 0.2) is 41.3 Å². The van der Waals surface area contributed by atoms with E-state index in [1.54, 1.807) is 6.33 Å². The highest BCUT2D eigenvalue weighted by Crippen LogP contribution is 2.20. The lowest BCUT2D eigenvalue weighted by molar-refractivity contribution is 0.0529. The van der Waals surface area contributed by atoms with Crippen molar-refractivity contribution in [2.24, 2.45) is 7.05 Å². The van der Waals surface area contributed by atoms with Crippen LogP contribution in [0.4, 0.5) is 10.5 Å². The van der Waals surface area contributed by atoms with Crippen molar-refractivity contribution in [3.63, 3.8) is 0 Å². The second-order valence-corrected chi connectivity index (χ2v) is 7.74. The summed E-state index contributed by atoms with van der Waals surface area (Å²) in [7, 11) is 1.97. The SMILES string of the molecule is Cn1cncc1CN(CCNC(=O)OC(C)(C)C)c1ccc(Br)cc1. The molecule has 1 amide bonds. The molecular formula is C18H25BrN4O2. The Morgan fingerprint density at radius 3 is 2.56 bits per heavy atom. The second-order valence-electron chi connectivity index (χ2n) is 6.82. The first-order valence-corrected chi connectivity index (χ1v) is 8.96. The number of aromatic nitrogens is 2. The minimum atomic E-state index is -0.496. The second kappa shape index (κ2) is 8.38. The van der Waals surface area contributed by atoms with E-state index >= 15 is 0 Å². The maximum absolute atomic E-state index is 11.8. The molecule has 0 bridgehead atoms. The summed E-state index contributed by atoms with van der Waals surface area (Å²) in [5.41, 5.74) is 1.68. The number of nitrogens with zero attached hydrogens (tertiary/aromatic N) is 3. The lowest BCUT2D eigenvalue weighted by atomic mass is 10.2. The Kier molecular flexibility index (Phi) is 6.47. The molecule has 0 aliphatic heterocycles. The van der Waals surface area contributed by atoms with Gasteiger partial charge in [0, 0.05) is 36.5 Å². The van der Waals surface area contributed by atoms with Gasteiger partial charge in [0.05, 0.1) is 18.6 Å². The monoisotopic (exact) mass is 408 g/mol. The number of anilines is 1. The summed E-state index contributed by atoms with van der Waals surface area (Å²) in [5.74, 6) is 0. The van der Waals surface area contributed by atoms with Gasteiger partial charge in [-0.15, -0.1) is 0 Å². The molecule has 1 aromatic carbocycles. The van der Waals surface area contributed by atoms with Crippen molar-refractivity contribution in [3.8, 4) is 0 Å². The molecule has 0 spiro atoms. The summed E-state index contributed by atoms with van der Waals surface area (Å²) in [5, 5.41) is 2.81. The summed E-state index contributed by atoms with van der Waals surface area (Å²) in [6, 6.07) is 8.11. The van der Waals surface area contributed by atoms with Crippen LogP contribution in [0.5, 0.6) is 0 Å². The molecule has 2 rings (SSSR count). The standard InChI is InChI=1S/C18H25BrN4O2/c1-18(2,3)25-17(24)21-9-10-23(12-16-11-20-13-22(16)4)15-7-5-14(19)6-8-15/h5-8,11,13H,9-10,12H2,1-4H3,(H,21,24). The number of carbonyl (C=O) groups is 1. The van der Waals surface area contributed by atoms with Crippen LogP contribution < -0.4 is 10.2 Å². The minimum Gasteiger partial charge on any atom is -0.444 e. The summed E-state index contributed by atoms with van der Waals surface area (Å²) < 4.78 is 8.30. The summed E-state index contributed by atoms with van der Waals surface area (Å²) >= 11 is 3.46. The first kappa shape index (κ1) is 19.3. The van der Waals surface area contributed by atoms with Crippen LogP contribution >= 0.6 is 15.9 Å². The van der Waals surface area contributed by atoms with Crippen LogP contribution in [-0.2, 0) is 18.3 Å². The summed E-state index contributed by atoms with van der Waals surface area (Å²) in [6.07, 6.45) is 3.24. The van der Waals surface area contributed by atoms with Crippen LogP contribution in [0.1, 0.15) is 26.5 Å². The maximum atomic E-state index is 11.8. The fraction of sp³-hybridized carbons (Fsp3) is 0.444. The highest BCUT2D eigenvalue weighted by Gasteiger charge is 2.16. The molecule has 0 radical (unpaired) electrons. The molecule has 0 saturated heterocycles. The Balaban J connectivity index is 2.01. The van der Waals surface area contributed by atoms with Crippen LogP contribution in [-0.4, -0.2) is 34.3 Å². The van der Waals surface area contributed by atoms with Gasteiger partial charge in [-0.3, -0.25) is 0 Å². The smallest absolute Gasteiger partial charge is 0.407 e. The molecule has 0 fully saturated rings. The van der Waals surface area contributed by atoms with Gasteiger partial charge in [0.1, 0.15) is 5.60 Å². The van der Waals surface area contributed by atoms with Crippen molar-refractivity contribution in [3.05, 3.63) is 47.0 Å². The van der Waals surface area contributed by atoms with E-state index in [9.17, 15) is 4.79 Å². The molecule has 1 aromatic heterocycles. The Morgan fingerprint density at radius 1 is 1.32 bits per heavy atom. The van der Waals surface area contributed by atoms with Crippen LogP contribution in [0.2, 0.25) is 0 Å². The number of benzene rings is 1. The number of rotatable bonds is 6. The zero-order valence-electron chi connectivity index (χ0n) is 15.1. The van der Waals surface area contributed by atoms with E-state index in [1.807, 2.05) is 62.8 Å². The van der Waals surface area contributed by atoms with E-state index in [0.717, 1.165) is 15.9 Å². The van der Waals surface area contributed by atoms with Gasteiger partial charge >= 0.3 is 6.09 Å². The molecule has 0 atom stereocenters. The van der Waals surface area contributed by atoms with Gasteiger partial charge in [-0.05, 0) is 45.0 Å². The minimum absolute atomic E-state index is 0.399. The Morgan fingerprint density at radius 2 is 2.00 bits per heavy atom. The van der Waals surface area contributed by atoms with Crippen molar-refractivity contribution in [1.82, 2.24) is 14.9 Å². The molecule has 6 nitrogen and oxygen atoms in total. The van der Waals surface area contributed by atoms with Gasteiger partial charge in [-0.2, -0.15) is 0 Å². The van der Waals surface area contributed by atoms with Crippen LogP contribution in [0.25, 0.3) is 0 Å². The summed E-state index contributed by atoms with van der Waals surface area (Å²) in [4.78, 5) is 18.2. The predicted molar refractivity (Wildman–Crippen MR) is 103 cm³/mol. The fourth-order valence-electron chi connectivity index (χ4n) is 2.29. The average molecular weight is 409 g/mol. The number of ether oxygens (including phenoxy) is 1. The zero-order chi connectivity index (χ0) is 18.4. The zero-order valence-corrected chi connectivity index (χ0v) is 16.7. The van der Waals surface area contributed by atoms with Crippen molar-refractivity contribution < 1.29 is 9.53 Å². The predicted octanol–water partition coefficient (Wildman–Crippen LogP) is 3.71.